The number of ether oxygens (including phenoxy) is 1. The van der Waals surface area contributed by atoms with Crippen molar-refractivity contribution in [1.82, 2.24) is 9.47 Å². The summed E-state index contributed by atoms with van der Waals surface area (Å²) < 4.78 is 7.08. The van der Waals surface area contributed by atoms with Gasteiger partial charge in [-0.25, -0.2) is 0 Å². The fourth-order valence-corrected chi connectivity index (χ4v) is 6.31. The van der Waals surface area contributed by atoms with E-state index in [2.05, 4.69) is 9.80 Å². The van der Waals surface area contributed by atoms with Gasteiger partial charge in [0.25, 0.3) is 17.2 Å². The Bertz CT molecular complexity index is 1460. The van der Waals surface area contributed by atoms with Gasteiger partial charge >= 0.3 is 0 Å². The molecular formula is C29H31N5O5. The molecule has 3 aliphatic heterocycles. The van der Waals surface area contributed by atoms with Crippen molar-refractivity contribution in [3.8, 4) is 5.75 Å². The number of carbonyl (C=O) groups is 1. The molecule has 2 bridgehead atoms. The predicted molar refractivity (Wildman–Crippen MR) is 148 cm³/mol. The van der Waals surface area contributed by atoms with Crippen molar-refractivity contribution in [2.75, 3.05) is 56.2 Å². The van der Waals surface area contributed by atoms with E-state index in [9.17, 15) is 19.7 Å². The van der Waals surface area contributed by atoms with E-state index in [-0.39, 0.29) is 29.0 Å². The van der Waals surface area contributed by atoms with Crippen LogP contribution in [0.2, 0.25) is 0 Å². The van der Waals surface area contributed by atoms with Crippen molar-refractivity contribution in [1.29, 1.82) is 0 Å². The zero-order valence-electron chi connectivity index (χ0n) is 21.9. The van der Waals surface area contributed by atoms with Crippen molar-refractivity contribution < 1.29 is 14.5 Å². The summed E-state index contributed by atoms with van der Waals surface area (Å²) in [5.74, 6) is 0.974. The van der Waals surface area contributed by atoms with E-state index >= 15 is 0 Å². The van der Waals surface area contributed by atoms with Crippen molar-refractivity contribution >= 4 is 23.0 Å². The van der Waals surface area contributed by atoms with Crippen LogP contribution in [0.15, 0.2) is 65.5 Å². The van der Waals surface area contributed by atoms with E-state index in [4.69, 9.17) is 4.74 Å². The Morgan fingerprint density at radius 2 is 1.72 bits per heavy atom. The summed E-state index contributed by atoms with van der Waals surface area (Å²) in [5, 5.41) is 12.1. The summed E-state index contributed by atoms with van der Waals surface area (Å²) in [6.07, 6.45) is 0.965. The molecule has 1 aromatic heterocycles. The second-order valence-corrected chi connectivity index (χ2v) is 10.5. The number of benzene rings is 2. The number of methoxy groups -OCH3 is 1. The molecule has 0 saturated carbocycles. The van der Waals surface area contributed by atoms with Gasteiger partial charge in [-0.05, 0) is 54.8 Å². The van der Waals surface area contributed by atoms with Crippen LogP contribution in [0.1, 0.15) is 28.4 Å². The highest BCUT2D eigenvalue weighted by atomic mass is 16.6. The van der Waals surface area contributed by atoms with Gasteiger partial charge in [0.1, 0.15) is 11.4 Å². The highest BCUT2D eigenvalue weighted by molar-refractivity contribution is 5.96. The molecule has 0 N–H and O–H groups in total. The summed E-state index contributed by atoms with van der Waals surface area (Å²) in [4.78, 5) is 43.5. The lowest BCUT2D eigenvalue weighted by molar-refractivity contribution is -0.384. The predicted octanol–water partition coefficient (Wildman–Crippen LogP) is 3.35. The van der Waals surface area contributed by atoms with E-state index < -0.39 is 4.92 Å². The van der Waals surface area contributed by atoms with Crippen LogP contribution in [-0.4, -0.2) is 66.7 Å². The van der Waals surface area contributed by atoms with Gasteiger partial charge in [-0.1, -0.05) is 6.07 Å². The molecule has 3 aromatic rings. The number of piperazine rings is 1. The third-order valence-electron chi connectivity index (χ3n) is 8.24. The summed E-state index contributed by atoms with van der Waals surface area (Å²) in [6.45, 7) is 4.29. The molecule has 2 saturated heterocycles. The van der Waals surface area contributed by atoms with Gasteiger partial charge < -0.3 is 24.0 Å². The van der Waals surface area contributed by atoms with Crippen molar-refractivity contribution in [2.24, 2.45) is 5.92 Å². The lowest BCUT2D eigenvalue weighted by Gasteiger charge is -2.43. The second kappa shape index (κ2) is 10.1. The van der Waals surface area contributed by atoms with Crippen LogP contribution in [0.4, 0.5) is 17.1 Å². The number of fused-ring (bicyclic) bond motifs is 4. The van der Waals surface area contributed by atoms with Crippen molar-refractivity contribution in [3.05, 3.63) is 92.4 Å². The fourth-order valence-electron chi connectivity index (χ4n) is 6.31. The number of rotatable bonds is 5. The van der Waals surface area contributed by atoms with Crippen LogP contribution in [0.5, 0.6) is 5.75 Å². The van der Waals surface area contributed by atoms with Crippen LogP contribution < -0.4 is 20.1 Å². The number of anilines is 2. The zero-order valence-corrected chi connectivity index (χ0v) is 21.9. The highest BCUT2D eigenvalue weighted by Crippen LogP contribution is 2.40. The summed E-state index contributed by atoms with van der Waals surface area (Å²) >= 11 is 0. The lowest BCUT2D eigenvalue weighted by atomic mass is 9.83. The van der Waals surface area contributed by atoms with Crippen molar-refractivity contribution in [3.63, 3.8) is 0 Å². The van der Waals surface area contributed by atoms with Gasteiger partial charge in [-0.15, -0.1) is 0 Å². The minimum atomic E-state index is -0.392. The molecule has 10 nitrogen and oxygen atoms in total. The third kappa shape index (κ3) is 4.71. The monoisotopic (exact) mass is 529 g/mol. The SMILES string of the molecule is COc1ccc(N2CCN(C(=O)c3ccc(N4CC5CC(C4)c4cccc(=O)n4C5)c([N+](=O)[O-])c3)CC2)cc1. The van der Waals surface area contributed by atoms with Gasteiger partial charge in [-0.3, -0.25) is 19.7 Å². The van der Waals surface area contributed by atoms with Crippen LogP contribution in [-0.2, 0) is 6.54 Å². The lowest BCUT2D eigenvalue weighted by Crippen LogP contribution is -2.49. The third-order valence-corrected chi connectivity index (χ3v) is 8.24. The van der Waals surface area contributed by atoms with E-state index in [0.717, 1.165) is 23.6 Å². The van der Waals surface area contributed by atoms with Gasteiger partial charge in [0.2, 0.25) is 0 Å². The number of hydrogen-bond acceptors (Lipinski definition) is 7. The fraction of sp³-hybridized carbons (Fsp3) is 0.379. The van der Waals surface area contributed by atoms with Gasteiger partial charge in [0, 0.05) is 80.8 Å². The minimum Gasteiger partial charge on any atom is -0.497 e. The number of nitro benzene ring substituents is 1. The highest BCUT2D eigenvalue weighted by Gasteiger charge is 2.37. The first-order valence-corrected chi connectivity index (χ1v) is 13.3. The average molecular weight is 530 g/mol. The van der Waals surface area contributed by atoms with Gasteiger partial charge in [0.05, 0.1) is 12.0 Å². The number of nitrogens with zero attached hydrogens (tertiary/aromatic N) is 5. The standard InChI is InChI=1S/C29H31N5O5/c1-39-24-8-6-23(7-9-24)30-11-13-31(14-12-30)29(36)21-5-10-26(27(16-21)34(37)38)32-17-20-15-22(19-32)25-3-2-4-28(35)33(25)18-20/h2-10,16,20,22H,11-15,17-19H2,1H3. The molecule has 0 aliphatic carbocycles. The number of aromatic nitrogens is 1. The molecular weight excluding hydrogens is 498 g/mol. The van der Waals surface area contributed by atoms with Crippen LogP contribution in [0.3, 0.4) is 0 Å². The first-order chi connectivity index (χ1) is 18.9. The molecule has 3 aliphatic rings. The number of nitro groups is 1. The summed E-state index contributed by atoms with van der Waals surface area (Å²) in [7, 11) is 1.64. The Morgan fingerprint density at radius 3 is 2.44 bits per heavy atom. The van der Waals surface area contributed by atoms with Crippen LogP contribution in [0.25, 0.3) is 0 Å². The van der Waals surface area contributed by atoms with Gasteiger partial charge in [-0.2, -0.15) is 0 Å². The first kappa shape index (κ1) is 25.0. The normalized spacial score (nSPS) is 20.4. The van der Waals surface area contributed by atoms with E-state index in [1.165, 1.54) is 6.07 Å². The Kier molecular flexibility index (Phi) is 6.46. The summed E-state index contributed by atoms with van der Waals surface area (Å²) in [6, 6.07) is 18.1. The molecule has 4 heterocycles. The molecule has 2 fully saturated rings. The molecule has 39 heavy (non-hydrogen) atoms. The Labute approximate surface area is 226 Å². The smallest absolute Gasteiger partial charge is 0.293 e. The van der Waals surface area contributed by atoms with E-state index in [1.54, 1.807) is 36.3 Å². The zero-order chi connectivity index (χ0) is 27.1. The van der Waals surface area contributed by atoms with E-state index in [1.807, 2.05) is 34.9 Å². The molecule has 0 radical (unpaired) electrons. The summed E-state index contributed by atoms with van der Waals surface area (Å²) in [5.41, 5.74) is 2.88. The quantitative estimate of drug-likeness (QED) is 0.369. The second-order valence-electron chi connectivity index (χ2n) is 10.5. The van der Waals surface area contributed by atoms with Gasteiger partial charge in [0.15, 0.2) is 0 Å². The Hall–Kier alpha value is -4.34. The molecule has 202 valence electrons. The molecule has 2 aromatic carbocycles. The number of amides is 1. The molecule has 6 rings (SSSR count). The largest absolute Gasteiger partial charge is 0.497 e. The number of pyridine rings is 1. The molecule has 2 atom stereocenters. The Morgan fingerprint density at radius 1 is 0.949 bits per heavy atom. The molecule has 2 unspecified atom stereocenters. The molecule has 0 spiro atoms. The number of hydrogen-bond donors (Lipinski definition) is 0. The van der Waals surface area contributed by atoms with Crippen LogP contribution >= 0.6 is 0 Å². The van der Waals surface area contributed by atoms with Crippen LogP contribution in [0, 0.1) is 16.0 Å². The molecule has 1 amide bonds. The average Bonchev–Trinajstić information content (AvgIpc) is 2.97. The number of carbonyl (C=O) groups excluding carboxylic acids is 1. The maximum Gasteiger partial charge on any atom is 0.293 e. The minimum absolute atomic E-state index is 0.00864. The maximum atomic E-state index is 13.3. The van der Waals surface area contributed by atoms with E-state index in [0.29, 0.717) is 57.1 Å². The number of piperidine rings is 1. The topological polar surface area (TPSA) is 101 Å². The van der Waals surface area contributed by atoms with Crippen molar-refractivity contribution in [2.45, 2.75) is 18.9 Å². The first-order valence-electron chi connectivity index (χ1n) is 13.3. The molecule has 10 heteroatoms. The Balaban J connectivity index is 1.18. The maximum absolute atomic E-state index is 13.3.